The third-order valence-corrected chi connectivity index (χ3v) is 3.92. The first-order valence-electron chi connectivity index (χ1n) is 6.40. The summed E-state index contributed by atoms with van der Waals surface area (Å²) >= 11 is 6.19. The van der Waals surface area contributed by atoms with Crippen LogP contribution in [0.25, 0.3) is 0 Å². The van der Waals surface area contributed by atoms with Gasteiger partial charge in [-0.3, -0.25) is 4.90 Å². The van der Waals surface area contributed by atoms with Gasteiger partial charge in [-0.05, 0) is 57.1 Å². The van der Waals surface area contributed by atoms with Crippen LogP contribution in [0.2, 0.25) is 5.02 Å². The highest BCUT2D eigenvalue weighted by atomic mass is 35.5. The Labute approximate surface area is 121 Å². The van der Waals surface area contributed by atoms with E-state index in [4.69, 9.17) is 11.6 Å². The van der Waals surface area contributed by atoms with Gasteiger partial charge in [0, 0.05) is 11.6 Å². The number of benzene rings is 1. The highest BCUT2D eigenvalue weighted by Gasteiger charge is 2.18. The highest BCUT2D eigenvalue weighted by molar-refractivity contribution is 6.31. The molecule has 1 N–H and O–H groups in total. The van der Waals surface area contributed by atoms with E-state index < -0.39 is 0 Å². The Morgan fingerprint density at radius 1 is 1.28 bits per heavy atom. The van der Waals surface area contributed by atoms with Crippen molar-refractivity contribution < 1.29 is 0 Å². The Hall–Kier alpha value is -0.280. The molecule has 2 rings (SSSR count). The van der Waals surface area contributed by atoms with Gasteiger partial charge >= 0.3 is 0 Å². The number of rotatable bonds is 4. The number of halogens is 2. The predicted molar refractivity (Wildman–Crippen MR) is 80.6 cm³/mol. The van der Waals surface area contributed by atoms with Gasteiger partial charge in [0.15, 0.2) is 0 Å². The average Bonchev–Trinajstić information content (AvgIpc) is 2.35. The number of likely N-dealkylation sites (tertiary alicyclic amines) is 1. The van der Waals surface area contributed by atoms with E-state index in [2.05, 4.69) is 22.3 Å². The van der Waals surface area contributed by atoms with E-state index in [-0.39, 0.29) is 12.4 Å². The number of nitrogens with zero attached hydrogens (tertiary/aromatic N) is 1. The van der Waals surface area contributed by atoms with Crippen LogP contribution in [-0.2, 0) is 6.54 Å². The molecule has 1 aromatic carbocycles. The van der Waals surface area contributed by atoms with Gasteiger partial charge in [0.25, 0.3) is 0 Å². The summed E-state index contributed by atoms with van der Waals surface area (Å²) in [7, 11) is 2.04. The van der Waals surface area contributed by atoms with Gasteiger partial charge in [0.1, 0.15) is 0 Å². The lowest BCUT2D eigenvalue weighted by Crippen LogP contribution is -2.36. The summed E-state index contributed by atoms with van der Waals surface area (Å²) in [4.78, 5) is 2.51. The van der Waals surface area contributed by atoms with Crippen LogP contribution in [0.15, 0.2) is 24.3 Å². The first-order valence-corrected chi connectivity index (χ1v) is 6.77. The summed E-state index contributed by atoms with van der Waals surface area (Å²) in [5.41, 5.74) is 1.25. The van der Waals surface area contributed by atoms with Gasteiger partial charge < -0.3 is 5.32 Å². The largest absolute Gasteiger partial charge is 0.319 e. The van der Waals surface area contributed by atoms with E-state index in [1.165, 1.54) is 31.5 Å². The Morgan fingerprint density at radius 3 is 2.56 bits per heavy atom. The van der Waals surface area contributed by atoms with Crippen molar-refractivity contribution in [1.29, 1.82) is 0 Å². The van der Waals surface area contributed by atoms with Crippen molar-refractivity contribution in [2.75, 3.05) is 26.7 Å². The molecule has 0 unspecified atom stereocenters. The molecule has 0 bridgehead atoms. The van der Waals surface area contributed by atoms with Gasteiger partial charge in [-0.25, -0.2) is 0 Å². The van der Waals surface area contributed by atoms with E-state index >= 15 is 0 Å². The molecule has 18 heavy (non-hydrogen) atoms. The van der Waals surface area contributed by atoms with Crippen molar-refractivity contribution in [1.82, 2.24) is 10.2 Å². The summed E-state index contributed by atoms with van der Waals surface area (Å²) in [6.07, 6.45) is 2.59. The van der Waals surface area contributed by atoms with Crippen molar-refractivity contribution in [2.45, 2.75) is 19.4 Å². The van der Waals surface area contributed by atoms with Crippen molar-refractivity contribution >= 4 is 24.0 Å². The van der Waals surface area contributed by atoms with Crippen LogP contribution >= 0.6 is 24.0 Å². The SMILES string of the molecule is CNCC1CCN(Cc2ccccc2Cl)CC1.Cl. The fourth-order valence-corrected chi connectivity index (χ4v) is 2.70. The third-order valence-electron chi connectivity index (χ3n) is 3.55. The minimum Gasteiger partial charge on any atom is -0.319 e. The Morgan fingerprint density at radius 2 is 1.94 bits per heavy atom. The fraction of sp³-hybridized carbons (Fsp3) is 0.571. The van der Waals surface area contributed by atoms with Gasteiger partial charge in [-0.15, -0.1) is 12.4 Å². The standard InChI is InChI=1S/C14H21ClN2.ClH/c1-16-10-12-6-8-17(9-7-12)11-13-4-2-3-5-14(13)15;/h2-5,12,16H,6-11H2,1H3;1H. The van der Waals surface area contributed by atoms with Crippen molar-refractivity contribution in [3.63, 3.8) is 0 Å². The predicted octanol–water partition coefficient (Wildman–Crippen LogP) is 3.19. The first-order chi connectivity index (χ1) is 8.29. The van der Waals surface area contributed by atoms with Crippen LogP contribution in [0, 0.1) is 5.92 Å². The third kappa shape index (κ3) is 4.43. The molecule has 0 aromatic heterocycles. The van der Waals surface area contributed by atoms with Crippen LogP contribution in [0.3, 0.4) is 0 Å². The molecule has 1 aliphatic heterocycles. The fourth-order valence-electron chi connectivity index (χ4n) is 2.50. The monoisotopic (exact) mass is 288 g/mol. The molecule has 1 fully saturated rings. The molecule has 1 heterocycles. The second-order valence-electron chi connectivity index (χ2n) is 4.87. The van der Waals surface area contributed by atoms with Crippen LogP contribution in [-0.4, -0.2) is 31.6 Å². The molecule has 0 atom stereocenters. The number of nitrogens with one attached hydrogen (secondary N) is 1. The number of hydrogen-bond donors (Lipinski definition) is 1. The molecule has 0 aliphatic carbocycles. The van der Waals surface area contributed by atoms with Gasteiger partial charge in [-0.1, -0.05) is 29.8 Å². The van der Waals surface area contributed by atoms with Gasteiger partial charge in [0.2, 0.25) is 0 Å². The first kappa shape index (κ1) is 15.8. The second kappa shape index (κ2) is 8.00. The van der Waals surface area contributed by atoms with E-state index in [0.29, 0.717) is 0 Å². The molecule has 4 heteroatoms. The average molecular weight is 289 g/mol. The maximum absolute atomic E-state index is 6.19. The molecule has 0 amide bonds. The molecule has 2 nitrogen and oxygen atoms in total. The van der Waals surface area contributed by atoms with E-state index in [1.54, 1.807) is 0 Å². The highest BCUT2D eigenvalue weighted by Crippen LogP contribution is 2.21. The summed E-state index contributed by atoms with van der Waals surface area (Å²) < 4.78 is 0. The Kier molecular flexibility index (Phi) is 7.02. The zero-order chi connectivity index (χ0) is 12.1. The van der Waals surface area contributed by atoms with E-state index in [1.807, 2.05) is 19.2 Å². The zero-order valence-electron chi connectivity index (χ0n) is 10.9. The molecule has 0 radical (unpaired) electrons. The van der Waals surface area contributed by atoms with E-state index in [9.17, 15) is 0 Å². The second-order valence-corrected chi connectivity index (χ2v) is 5.28. The van der Waals surface area contributed by atoms with Crippen molar-refractivity contribution in [3.05, 3.63) is 34.9 Å². The summed E-state index contributed by atoms with van der Waals surface area (Å²) in [6.45, 7) is 4.53. The summed E-state index contributed by atoms with van der Waals surface area (Å²) in [6, 6.07) is 8.16. The van der Waals surface area contributed by atoms with Crippen LogP contribution in [0.1, 0.15) is 18.4 Å². The van der Waals surface area contributed by atoms with Crippen molar-refractivity contribution in [3.8, 4) is 0 Å². The topological polar surface area (TPSA) is 15.3 Å². The zero-order valence-corrected chi connectivity index (χ0v) is 12.4. The molecule has 1 aromatic rings. The maximum Gasteiger partial charge on any atom is 0.0451 e. The Balaban J connectivity index is 0.00000162. The molecule has 0 spiro atoms. The van der Waals surface area contributed by atoms with Crippen molar-refractivity contribution in [2.24, 2.45) is 5.92 Å². The number of hydrogen-bond acceptors (Lipinski definition) is 2. The molecule has 0 saturated carbocycles. The molecular weight excluding hydrogens is 267 g/mol. The van der Waals surface area contributed by atoms with Gasteiger partial charge in [-0.2, -0.15) is 0 Å². The minimum atomic E-state index is 0. The Bertz CT molecular complexity index is 349. The molecule has 1 saturated heterocycles. The van der Waals surface area contributed by atoms with E-state index in [0.717, 1.165) is 24.0 Å². The molecule has 1 aliphatic rings. The normalized spacial score (nSPS) is 17.4. The summed E-state index contributed by atoms with van der Waals surface area (Å²) in [5, 5.41) is 4.16. The lowest BCUT2D eigenvalue weighted by Gasteiger charge is -2.32. The molecule has 102 valence electrons. The maximum atomic E-state index is 6.19. The minimum absolute atomic E-state index is 0. The quantitative estimate of drug-likeness (QED) is 0.915. The lowest BCUT2D eigenvalue weighted by atomic mass is 9.96. The smallest absolute Gasteiger partial charge is 0.0451 e. The van der Waals surface area contributed by atoms with Crippen LogP contribution in [0.5, 0.6) is 0 Å². The summed E-state index contributed by atoms with van der Waals surface area (Å²) in [5.74, 6) is 0.850. The van der Waals surface area contributed by atoms with Crippen LogP contribution in [0.4, 0.5) is 0 Å². The lowest BCUT2D eigenvalue weighted by molar-refractivity contribution is 0.177. The number of piperidine rings is 1. The van der Waals surface area contributed by atoms with Gasteiger partial charge in [0.05, 0.1) is 0 Å². The molecular formula is C14H22Cl2N2. The van der Waals surface area contributed by atoms with Crippen LogP contribution < -0.4 is 5.32 Å².